The zero-order chi connectivity index (χ0) is 10.0. The largest absolute Gasteiger partial charge is 0.390 e. The van der Waals surface area contributed by atoms with Crippen molar-refractivity contribution in [2.45, 2.75) is 13.0 Å². The van der Waals surface area contributed by atoms with Crippen LogP contribution >= 0.6 is 15.9 Å². The normalized spacial score (nSPS) is 10.8. The fraction of sp³-hybridized carbons (Fsp3) is 0.286. The number of halogens is 3. The second-order valence-electron chi connectivity index (χ2n) is 2.33. The lowest BCUT2D eigenvalue weighted by Gasteiger charge is -2.05. The quantitative estimate of drug-likeness (QED) is 0.787. The van der Waals surface area contributed by atoms with Crippen LogP contribution in [-0.2, 0) is 6.61 Å². The lowest BCUT2D eigenvalue weighted by molar-refractivity contribution is 0.144. The number of aromatic amines is 1. The van der Waals surface area contributed by atoms with Gasteiger partial charge in [0.15, 0.2) is 5.43 Å². The summed E-state index contributed by atoms with van der Waals surface area (Å²) in [6.45, 7) is -0.617. The van der Waals surface area contributed by atoms with Gasteiger partial charge >= 0.3 is 0 Å². The minimum Gasteiger partial charge on any atom is -0.390 e. The molecule has 0 radical (unpaired) electrons. The Hall–Kier alpha value is -0.750. The maximum atomic E-state index is 12.3. The van der Waals surface area contributed by atoms with Crippen molar-refractivity contribution in [2.75, 3.05) is 0 Å². The van der Waals surface area contributed by atoms with E-state index in [1.54, 1.807) is 0 Å². The first-order valence-corrected chi connectivity index (χ1v) is 4.16. The molecule has 0 spiro atoms. The first kappa shape index (κ1) is 10.3. The van der Waals surface area contributed by atoms with Crippen molar-refractivity contribution in [1.29, 1.82) is 0 Å². The lowest BCUT2D eigenvalue weighted by atomic mass is 10.2. The van der Waals surface area contributed by atoms with Gasteiger partial charge < -0.3 is 10.1 Å². The van der Waals surface area contributed by atoms with E-state index in [0.29, 0.717) is 0 Å². The molecule has 1 aromatic rings. The molecule has 0 saturated carbocycles. The third-order valence-electron chi connectivity index (χ3n) is 1.50. The molecule has 3 nitrogen and oxygen atoms in total. The van der Waals surface area contributed by atoms with Gasteiger partial charge in [-0.2, -0.15) is 0 Å². The molecule has 2 N–H and O–H groups in total. The smallest absolute Gasteiger partial charge is 0.269 e. The second-order valence-corrected chi connectivity index (χ2v) is 3.19. The number of rotatable bonds is 2. The van der Waals surface area contributed by atoms with Crippen LogP contribution in [0.2, 0.25) is 0 Å². The van der Waals surface area contributed by atoms with E-state index < -0.39 is 24.0 Å². The summed E-state index contributed by atoms with van der Waals surface area (Å²) in [5.74, 6) is 0. The Bertz CT molecular complexity index is 364. The van der Waals surface area contributed by atoms with E-state index in [1.807, 2.05) is 0 Å². The van der Waals surface area contributed by atoms with Crippen molar-refractivity contribution in [3.05, 3.63) is 32.2 Å². The molecule has 0 aliphatic rings. The summed E-state index contributed by atoms with van der Waals surface area (Å²) in [5, 5.41) is 8.69. The number of aliphatic hydroxyl groups excluding tert-OH is 1. The number of alkyl halides is 2. The van der Waals surface area contributed by atoms with Gasteiger partial charge in [0.25, 0.3) is 6.43 Å². The molecule has 0 aromatic carbocycles. The van der Waals surface area contributed by atoms with Crippen LogP contribution in [0.15, 0.2) is 15.5 Å². The van der Waals surface area contributed by atoms with Crippen LogP contribution in [0.1, 0.15) is 17.7 Å². The van der Waals surface area contributed by atoms with Gasteiger partial charge in [-0.1, -0.05) is 0 Å². The molecule has 1 aromatic heterocycles. The van der Waals surface area contributed by atoms with Crippen molar-refractivity contribution in [2.24, 2.45) is 0 Å². The number of aliphatic hydroxyl groups is 1. The number of aromatic nitrogens is 1. The number of pyridine rings is 1. The standard InChI is InChI=1S/C7H6BrF2NO2/c8-5-1-4(13)6(7(9)10)3(2-12)11-5/h1,7,12H,2H2,(H,11,13). The minimum absolute atomic E-state index is 0.158. The Labute approximate surface area is 80.5 Å². The summed E-state index contributed by atoms with van der Waals surface area (Å²) in [6, 6.07) is 1.00. The highest BCUT2D eigenvalue weighted by Crippen LogP contribution is 2.19. The van der Waals surface area contributed by atoms with Crippen LogP contribution in [0.4, 0.5) is 8.78 Å². The highest BCUT2D eigenvalue weighted by atomic mass is 79.9. The molecule has 72 valence electrons. The van der Waals surface area contributed by atoms with Gasteiger partial charge in [-0.3, -0.25) is 4.79 Å². The van der Waals surface area contributed by atoms with Crippen molar-refractivity contribution in [3.63, 3.8) is 0 Å². The molecule has 1 rings (SSSR count). The Morgan fingerprint density at radius 1 is 1.62 bits per heavy atom. The van der Waals surface area contributed by atoms with Crippen LogP contribution in [0, 0.1) is 0 Å². The summed E-state index contributed by atoms with van der Waals surface area (Å²) in [4.78, 5) is 13.5. The zero-order valence-electron chi connectivity index (χ0n) is 6.35. The van der Waals surface area contributed by atoms with Gasteiger partial charge in [0.2, 0.25) is 0 Å². The maximum Gasteiger partial charge on any atom is 0.269 e. The summed E-state index contributed by atoms with van der Waals surface area (Å²) in [7, 11) is 0. The van der Waals surface area contributed by atoms with Gasteiger partial charge in [-0.25, -0.2) is 8.78 Å². The zero-order valence-corrected chi connectivity index (χ0v) is 7.94. The fourth-order valence-electron chi connectivity index (χ4n) is 0.953. The van der Waals surface area contributed by atoms with Crippen molar-refractivity contribution in [1.82, 2.24) is 4.98 Å². The molecule has 1 heterocycles. The molecule has 0 atom stereocenters. The Kier molecular flexibility index (Phi) is 3.16. The molecule has 0 fully saturated rings. The van der Waals surface area contributed by atoms with Gasteiger partial charge in [-0.05, 0) is 15.9 Å². The van der Waals surface area contributed by atoms with Crippen molar-refractivity contribution in [3.8, 4) is 0 Å². The topological polar surface area (TPSA) is 53.1 Å². The number of hydrogen-bond donors (Lipinski definition) is 2. The third kappa shape index (κ3) is 2.13. The first-order valence-electron chi connectivity index (χ1n) is 3.37. The first-order chi connectivity index (χ1) is 6.06. The maximum absolute atomic E-state index is 12.3. The predicted molar refractivity (Wildman–Crippen MR) is 45.6 cm³/mol. The number of nitrogens with one attached hydrogen (secondary N) is 1. The Balaban J connectivity index is 3.39. The van der Waals surface area contributed by atoms with Crippen molar-refractivity contribution >= 4 is 15.9 Å². The van der Waals surface area contributed by atoms with Crippen LogP contribution < -0.4 is 5.43 Å². The fourth-order valence-corrected chi connectivity index (χ4v) is 1.40. The molecule has 0 aliphatic carbocycles. The van der Waals surface area contributed by atoms with E-state index in [9.17, 15) is 13.6 Å². The number of H-pyrrole nitrogens is 1. The van der Waals surface area contributed by atoms with E-state index >= 15 is 0 Å². The Morgan fingerprint density at radius 3 is 2.69 bits per heavy atom. The molecular formula is C7H6BrF2NO2. The van der Waals surface area contributed by atoms with Crippen molar-refractivity contribution < 1.29 is 13.9 Å². The van der Waals surface area contributed by atoms with E-state index in [0.717, 1.165) is 6.07 Å². The average Bonchev–Trinajstić information content (AvgIpc) is 2.01. The molecule has 6 heteroatoms. The third-order valence-corrected chi connectivity index (χ3v) is 1.92. The molecule has 0 saturated heterocycles. The van der Waals surface area contributed by atoms with Gasteiger partial charge in [0, 0.05) is 6.07 Å². The summed E-state index contributed by atoms with van der Waals surface area (Å²) < 4.78 is 24.8. The molecule has 0 unspecified atom stereocenters. The molecule has 0 amide bonds. The molecular weight excluding hydrogens is 248 g/mol. The predicted octanol–water partition coefficient (Wildman–Crippen LogP) is 1.57. The van der Waals surface area contributed by atoms with Gasteiger partial charge in [-0.15, -0.1) is 0 Å². The average molecular weight is 254 g/mol. The summed E-state index contributed by atoms with van der Waals surface area (Å²) in [5.41, 5.74) is -1.62. The second kappa shape index (κ2) is 3.97. The van der Waals surface area contributed by atoms with Crippen LogP contribution in [0.5, 0.6) is 0 Å². The lowest BCUT2D eigenvalue weighted by Crippen LogP contribution is -2.14. The van der Waals surface area contributed by atoms with Crippen LogP contribution in [-0.4, -0.2) is 10.1 Å². The van der Waals surface area contributed by atoms with Crippen LogP contribution in [0.25, 0.3) is 0 Å². The van der Waals surface area contributed by atoms with E-state index in [4.69, 9.17) is 5.11 Å². The Morgan fingerprint density at radius 2 is 2.23 bits per heavy atom. The molecule has 13 heavy (non-hydrogen) atoms. The molecule has 0 aliphatic heterocycles. The van der Waals surface area contributed by atoms with Crippen LogP contribution in [0.3, 0.4) is 0 Å². The summed E-state index contributed by atoms with van der Waals surface area (Å²) >= 11 is 2.93. The van der Waals surface area contributed by atoms with E-state index in [-0.39, 0.29) is 10.3 Å². The van der Waals surface area contributed by atoms with Gasteiger partial charge in [0.05, 0.1) is 22.5 Å². The van der Waals surface area contributed by atoms with E-state index in [2.05, 4.69) is 20.9 Å². The highest BCUT2D eigenvalue weighted by Gasteiger charge is 2.17. The SMILES string of the molecule is O=c1cc(Br)[nH]c(CO)c1C(F)F. The minimum atomic E-state index is -2.88. The van der Waals surface area contributed by atoms with E-state index in [1.165, 1.54) is 0 Å². The monoisotopic (exact) mass is 253 g/mol. The highest BCUT2D eigenvalue weighted by molar-refractivity contribution is 9.10. The van der Waals surface area contributed by atoms with Gasteiger partial charge in [0.1, 0.15) is 0 Å². The summed E-state index contributed by atoms with van der Waals surface area (Å²) in [6.07, 6.45) is -2.88. The number of hydrogen-bond acceptors (Lipinski definition) is 2. The molecule has 0 bridgehead atoms.